The zero-order valence-corrected chi connectivity index (χ0v) is 12.4. The fourth-order valence-electron chi connectivity index (χ4n) is 1.28. The molecule has 0 saturated carbocycles. The Kier molecular flexibility index (Phi) is 10.3. The summed E-state index contributed by atoms with van der Waals surface area (Å²) in [6.45, 7) is 1.84. The van der Waals surface area contributed by atoms with Gasteiger partial charge in [0, 0.05) is 6.26 Å². The Balaban J connectivity index is 3.06. The van der Waals surface area contributed by atoms with Crippen molar-refractivity contribution in [2.45, 2.75) is 32.1 Å². The van der Waals surface area contributed by atoms with E-state index in [2.05, 4.69) is 27.9 Å². The van der Waals surface area contributed by atoms with Gasteiger partial charge in [-0.1, -0.05) is 35.4 Å². The molecule has 0 aromatic rings. The lowest BCUT2D eigenvalue weighted by molar-refractivity contribution is 0.582. The van der Waals surface area contributed by atoms with Crippen LogP contribution < -0.4 is 5.32 Å². The lowest BCUT2D eigenvalue weighted by atomic mass is 10.2. The maximum absolute atomic E-state index is 10.8. The number of rotatable bonds is 10. The molecular weight excluding hydrogens is 325 g/mol. The number of halogens is 1. The molecule has 0 rings (SSSR count). The van der Waals surface area contributed by atoms with E-state index in [-0.39, 0.29) is 0 Å². The summed E-state index contributed by atoms with van der Waals surface area (Å²) in [5.41, 5.74) is 0. The van der Waals surface area contributed by atoms with Crippen LogP contribution in [-0.2, 0) is 9.84 Å². The van der Waals surface area contributed by atoms with Gasteiger partial charge in [0.05, 0.1) is 5.75 Å². The first kappa shape index (κ1) is 15.6. The van der Waals surface area contributed by atoms with E-state index in [9.17, 15) is 8.42 Å². The largest absolute Gasteiger partial charge is 0.317 e. The van der Waals surface area contributed by atoms with Crippen molar-refractivity contribution in [2.75, 3.05) is 29.5 Å². The summed E-state index contributed by atoms with van der Waals surface area (Å²) in [7, 11) is -2.77. The van der Waals surface area contributed by atoms with Gasteiger partial charge in [-0.25, -0.2) is 8.42 Å². The van der Waals surface area contributed by atoms with Crippen LogP contribution in [0.15, 0.2) is 0 Å². The highest BCUT2D eigenvalue weighted by atomic mass is 127. The van der Waals surface area contributed by atoms with Gasteiger partial charge >= 0.3 is 0 Å². The summed E-state index contributed by atoms with van der Waals surface area (Å²) in [5.74, 6) is 0.300. The number of hydrogen-bond donors (Lipinski definition) is 1. The molecule has 92 valence electrons. The highest BCUT2D eigenvalue weighted by molar-refractivity contribution is 14.1. The van der Waals surface area contributed by atoms with Gasteiger partial charge in [0.1, 0.15) is 9.84 Å². The average molecular weight is 347 g/mol. The maximum atomic E-state index is 10.8. The molecule has 5 heteroatoms. The quantitative estimate of drug-likeness (QED) is 0.374. The first-order valence-electron chi connectivity index (χ1n) is 5.50. The number of nitrogens with one attached hydrogen (secondary N) is 1. The minimum Gasteiger partial charge on any atom is -0.317 e. The Morgan fingerprint density at radius 3 is 2.20 bits per heavy atom. The second-order valence-electron chi connectivity index (χ2n) is 3.84. The third-order valence-electron chi connectivity index (χ3n) is 2.11. The summed E-state index contributed by atoms with van der Waals surface area (Å²) in [6.07, 6.45) is 7.13. The van der Waals surface area contributed by atoms with E-state index in [1.807, 2.05) is 0 Å². The van der Waals surface area contributed by atoms with Crippen LogP contribution in [0, 0.1) is 0 Å². The number of alkyl halides is 1. The van der Waals surface area contributed by atoms with Crippen molar-refractivity contribution in [3.63, 3.8) is 0 Å². The first-order valence-corrected chi connectivity index (χ1v) is 9.09. The van der Waals surface area contributed by atoms with Crippen molar-refractivity contribution in [3.05, 3.63) is 0 Å². The lowest BCUT2D eigenvalue weighted by Gasteiger charge is -2.03. The molecule has 0 aliphatic heterocycles. The normalized spacial score (nSPS) is 11.9. The molecule has 0 spiro atoms. The molecule has 0 aliphatic rings. The predicted octanol–water partition coefficient (Wildman–Crippen LogP) is 2.01. The Bertz CT molecular complexity index is 230. The van der Waals surface area contributed by atoms with E-state index in [4.69, 9.17) is 0 Å². The van der Waals surface area contributed by atoms with Crippen LogP contribution in [0.25, 0.3) is 0 Å². The zero-order chi connectivity index (χ0) is 11.6. The molecular formula is C10H22INO2S. The minimum absolute atomic E-state index is 0.300. The molecule has 0 radical (unpaired) electrons. The Morgan fingerprint density at radius 1 is 1.00 bits per heavy atom. The van der Waals surface area contributed by atoms with Gasteiger partial charge in [-0.2, -0.15) is 0 Å². The molecule has 3 nitrogen and oxygen atoms in total. The minimum atomic E-state index is -2.77. The third-order valence-corrected chi connectivity index (χ3v) is 3.90. The molecule has 0 amide bonds. The van der Waals surface area contributed by atoms with Gasteiger partial charge in [-0.3, -0.25) is 0 Å². The second-order valence-corrected chi connectivity index (χ2v) is 7.18. The van der Waals surface area contributed by atoms with Gasteiger partial charge in [0.25, 0.3) is 0 Å². The number of hydrogen-bond acceptors (Lipinski definition) is 3. The number of unbranched alkanes of at least 4 members (excludes halogenated alkanes) is 3. The van der Waals surface area contributed by atoms with Crippen molar-refractivity contribution in [2.24, 2.45) is 0 Å². The lowest BCUT2D eigenvalue weighted by Crippen LogP contribution is -2.19. The summed E-state index contributed by atoms with van der Waals surface area (Å²) in [6, 6.07) is 0. The van der Waals surface area contributed by atoms with Crippen molar-refractivity contribution < 1.29 is 8.42 Å². The molecule has 1 N–H and O–H groups in total. The van der Waals surface area contributed by atoms with E-state index in [1.165, 1.54) is 36.4 Å². The van der Waals surface area contributed by atoms with Crippen molar-refractivity contribution in [1.29, 1.82) is 0 Å². The van der Waals surface area contributed by atoms with E-state index in [1.54, 1.807) is 0 Å². The molecule has 0 aromatic carbocycles. The van der Waals surface area contributed by atoms with Crippen LogP contribution in [0.2, 0.25) is 0 Å². The second kappa shape index (κ2) is 9.84. The van der Waals surface area contributed by atoms with Crippen molar-refractivity contribution in [1.82, 2.24) is 5.32 Å². The Labute approximate surface area is 107 Å². The van der Waals surface area contributed by atoms with Crippen molar-refractivity contribution >= 4 is 32.4 Å². The topological polar surface area (TPSA) is 46.2 Å². The van der Waals surface area contributed by atoms with E-state index in [0.29, 0.717) is 5.75 Å². The van der Waals surface area contributed by atoms with E-state index >= 15 is 0 Å². The van der Waals surface area contributed by atoms with E-state index in [0.717, 1.165) is 19.5 Å². The zero-order valence-electron chi connectivity index (χ0n) is 9.47. The van der Waals surface area contributed by atoms with Crippen LogP contribution >= 0.6 is 22.6 Å². The van der Waals surface area contributed by atoms with Gasteiger partial charge in [-0.15, -0.1) is 0 Å². The Morgan fingerprint density at radius 2 is 1.60 bits per heavy atom. The molecule has 0 saturated heterocycles. The fraction of sp³-hybridized carbons (Fsp3) is 1.00. The molecule has 0 bridgehead atoms. The molecule has 0 heterocycles. The van der Waals surface area contributed by atoms with Gasteiger partial charge < -0.3 is 5.32 Å². The van der Waals surface area contributed by atoms with Crippen LogP contribution in [0.1, 0.15) is 32.1 Å². The molecule has 15 heavy (non-hydrogen) atoms. The summed E-state index contributed by atoms with van der Waals surface area (Å²) in [4.78, 5) is 0. The average Bonchev–Trinajstić information content (AvgIpc) is 2.14. The highest BCUT2D eigenvalue weighted by Crippen LogP contribution is 2.01. The number of sulfone groups is 1. The van der Waals surface area contributed by atoms with Gasteiger partial charge in [-0.05, 0) is 36.8 Å². The molecule has 0 aliphatic carbocycles. The Hall–Kier alpha value is 0.640. The van der Waals surface area contributed by atoms with Gasteiger partial charge in [0.2, 0.25) is 0 Å². The first-order chi connectivity index (χ1) is 7.06. The fourth-order valence-corrected chi connectivity index (χ4v) is 2.49. The highest BCUT2D eigenvalue weighted by Gasteiger charge is 2.00. The van der Waals surface area contributed by atoms with Crippen LogP contribution in [0.4, 0.5) is 0 Å². The summed E-state index contributed by atoms with van der Waals surface area (Å²) in [5, 5.41) is 3.27. The SMILES string of the molecule is CS(=O)(=O)CCCNCCCCCCI. The molecule has 0 fully saturated rings. The summed E-state index contributed by atoms with van der Waals surface area (Å²) < 4.78 is 22.9. The van der Waals surface area contributed by atoms with Crippen LogP contribution in [0.3, 0.4) is 0 Å². The van der Waals surface area contributed by atoms with Crippen LogP contribution in [-0.4, -0.2) is 37.9 Å². The molecule has 0 unspecified atom stereocenters. The molecule has 0 atom stereocenters. The molecule has 0 aromatic heterocycles. The monoisotopic (exact) mass is 347 g/mol. The predicted molar refractivity (Wildman–Crippen MR) is 74.6 cm³/mol. The van der Waals surface area contributed by atoms with Crippen molar-refractivity contribution in [3.8, 4) is 0 Å². The standard InChI is InChI=1S/C10H22INO2S/c1-15(13,14)10-6-9-12-8-5-3-2-4-7-11/h12H,2-10H2,1H3. The maximum Gasteiger partial charge on any atom is 0.147 e. The van der Waals surface area contributed by atoms with E-state index < -0.39 is 9.84 Å². The van der Waals surface area contributed by atoms with Gasteiger partial charge in [0.15, 0.2) is 0 Å². The summed E-state index contributed by atoms with van der Waals surface area (Å²) >= 11 is 2.40. The van der Waals surface area contributed by atoms with Crippen LogP contribution in [0.5, 0.6) is 0 Å². The third kappa shape index (κ3) is 14.6. The smallest absolute Gasteiger partial charge is 0.147 e.